The molecule has 0 spiro atoms. The lowest BCUT2D eigenvalue weighted by Crippen LogP contribution is -2.43. The van der Waals surface area contributed by atoms with Crippen LogP contribution in [0, 0.1) is 5.92 Å². The monoisotopic (exact) mass is 361 g/mol. The number of esters is 1. The molecule has 2 unspecified atom stereocenters. The molecule has 2 aliphatic rings. The van der Waals surface area contributed by atoms with E-state index in [-0.39, 0.29) is 29.9 Å². The Bertz CT molecular complexity index is 668. The van der Waals surface area contributed by atoms with Crippen molar-refractivity contribution in [2.45, 2.75) is 45.8 Å². The first kappa shape index (κ1) is 18.7. The van der Waals surface area contributed by atoms with Crippen molar-refractivity contribution in [2.75, 3.05) is 26.4 Å². The highest BCUT2D eigenvalue weighted by molar-refractivity contribution is 5.90. The fraction of sp³-hybridized carbons (Fsp3) is 0.600. The lowest BCUT2D eigenvalue weighted by atomic mass is 9.96. The van der Waals surface area contributed by atoms with Gasteiger partial charge in [0.15, 0.2) is 0 Å². The van der Waals surface area contributed by atoms with Crippen LogP contribution in [0.1, 0.15) is 55.6 Å². The molecule has 6 nitrogen and oxygen atoms in total. The number of amides is 1. The topological polar surface area (TPSA) is 65.1 Å². The summed E-state index contributed by atoms with van der Waals surface area (Å²) in [7, 11) is 0. The molecule has 2 atom stereocenters. The van der Waals surface area contributed by atoms with E-state index in [1.165, 1.54) is 0 Å². The average molecular weight is 361 g/mol. The highest BCUT2D eigenvalue weighted by Crippen LogP contribution is 2.35. The third-order valence-corrected chi connectivity index (χ3v) is 5.08. The maximum atomic E-state index is 13.1. The molecule has 0 N–H and O–H groups in total. The number of carbonyl (C=O) groups is 2. The van der Waals surface area contributed by atoms with Gasteiger partial charge in [0.1, 0.15) is 11.9 Å². The molecule has 1 amide bonds. The van der Waals surface area contributed by atoms with Gasteiger partial charge in [-0.2, -0.15) is 0 Å². The molecule has 1 aromatic rings. The highest BCUT2D eigenvalue weighted by atomic mass is 16.5. The van der Waals surface area contributed by atoms with E-state index < -0.39 is 0 Å². The standard InChI is InChI=1S/C20H27NO5/c1-4-25-20(23)16-5-6-17-14(3)21(12-13(2)26-18(17)11-16)19(22)15-7-9-24-10-8-15/h5-6,11,13-15H,4,7-10,12H2,1-3H3. The lowest BCUT2D eigenvalue weighted by molar-refractivity contribution is -0.141. The van der Waals surface area contributed by atoms with Gasteiger partial charge < -0.3 is 19.1 Å². The first-order valence-electron chi connectivity index (χ1n) is 9.37. The molecule has 1 fully saturated rings. The zero-order chi connectivity index (χ0) is 18.7. The van der Waals surface area contributed by atoms with E-state index in [0.29, 0.717) is 37.7 Å². The Morgan fingerprint density at radius 3 is 2.65 bits per heavy atom. The smallest absolute Gasteiger partial charge is 0.338 e. The molecular formula is C20H27NO5. The third kappa shape index (κ3) is 3.85. The van der Waals surface area contributed by atoms with Gasteiger partial charge in [0.25, 0.3) is 0 Å². The summed E-state index contributed by atoms with van der Waals surface area (Å²) in [6.07, 6.45) is 1.39. The van der Waals surface area contributed by atoms with Gasteiger partial charge in [-0.3, -0.25) is 4.79 Å². The maximum Gasteiger partial charge on any atom is 0.338 e. The maximum absolute atomic E-state index is 13.1. The summed E-state index contributed by atoms with van der Waals surface area (Å²) in [5, 5.41) is 0. The molecule has 2 heterocycles. The second-order valence-electron chi connectivity index (χ2n) is 6.95. The van der Waals surface area contributed by atoms with Crippen LogP contribution in [0.4, 0.5) is 0 Å². The molecular weight excluding hydrogens is 334 g/mol. The Morgan fingerprint density at radius 2 is 1.96 bits per heavy atom. The van der Waals surface area contributed by atoms with Gasteiger partial charge in [0.05, 0.1) is 24.8 Å². The molecule has 26 heavy (non-hydrogen) atoms. The van der Waals surface area contributed by atoms with Gasteiger partial charge in [-0.05, 0) is 45.7 Å². The van der Waals surface area contributed by atoms with Crippen molar-refractivity contribution in [2.24, 2.45) is 5.92 Å². The first-order valence-corrected chi connectivity index (χ1v) is 9.37. The zero-order valence-corrected chi connectivity index (χ0v) is 15.7. The average Bonchev–Trinajstić information content (AvgIpc) is 2.77. The summed E-state index contributed by atoms with van der Waals surface area (Å²) in [6.45, 7) is 7.89. The third-order valence-electron chi connectivity index (χ3n) is 5.08. The quantitative estimate of drug-likeness (QED) is 0.775. The van der Waals surface area contributed by atoms with Gasteiger partial charge in [0.2, 0.25) is 5.91 Å². The Hall–Kier alpha value is -2.08. The highest BCUT2D eigenvalue weighted by Gasteiger charge is 2.34. The summed E-state index contributed by atoms with van der Waals surface area (Å²) in [5.41, 5.74) is 1.39. The predicted octanol–water partition coefficient (Wildman–Crippen LogP) is 2.96. The summed E-state index contributed by atoms with van der Waals surface area (Å²) < 4.78 is 16.5. The van der Waals surface area contributed by atoms with E-state index in [4.69, 9.17) is 14.2 Å². The van der Waals surface area contributed by atoms with Crippen LogP contribution in [0.5, 0.6) is 5.75 Å². The van der Waals surface area contributed by atoms with Crippen LogP contribution < -0.4 is 4.74 Å². The molecule has 6 heteroatoms. The molecule has 0 aromatic heterocycles. The second kappa shape index (κ2) is 8.08. The normalized spacial score (nSPS) is 23.6. The minimum Gasteiger partial charge on any atom is -0.488 e. The van der Waals surface area contributed by atoms with E-state index in [1.54, 1.807) is 19.1 Å². The number of ether oxygens (including phenoxy) is 3. The van der Waals surface area contributed by atoms with Crippen molar-refractivity contribution in [3.8, 4) is 5.75 Å². The van der Waals surface area contributed by atoms with Crippen LogP contribution in [0.2, 0.25) is 0 Å². The number of nitrogens with zero attached hydrogens (tertiary/aromatic N) is 1. The van der Waals surface area contributed by atoms with Crippen molar-refractivity contribution in [3.63, 3.8) is 0 Å². The number of carbonyl (C=O) groups excluding carboxylic acids is 2. The fourth-order valence-electron chi connectivity index (χ4n) is 3.64. The van der Waals surface area contributed by atoms with Gasteiger partial charge in [-0.1, -0.05) is 6.07 Å². The summed E-state index contributed by atoms with van der Waals surface area (Å²) in [4.78, 5) is 27.0. The molecule has 0 radical (unpaired) electrons. The van der Waals surface area contributed by atoms with Crippen LogP contribution in [0.3, 0.4) is 0 Å². The van der Waals surface area contributed by atoms with Crippen LogP contribution >= 0.6 is 0 Å². The summed E-state index contributed by atoms with van der Waals surface area (Å²) in [5.74, 6) is 0.466. The SMILES string of the molecule is CCOC(=O)c1ccc2c(c1)OC(C)CN(C(=O)C1CCOCC1)C2C. The zero-order valence-electron chi connectivity index (χ0n) is 15.7. The van der Waals surface area contributed by atoms with E-state index in [1.807, 2.05) is 24.8 Å². The molecule has 0 saturated carbocycles. The largest absolute Gasteiger partial charge is 0.488 e. The minimum absolute atomic E-state index is 0.0127. The molecule has 3 rings (SSSR count). The van der Waals surface area contributed by atoms with E-state index in [9.17, 15) is 9.59 Å². The van der Waals surface area contributed by atoms with Gasteiger partial charge >= 0.3 is 5.97 Å². The van der Waals surface area contributed by atoms with Crippen LogP contribution in [-0.4, -0.2) is 49.2 Å². The van der Waals surface area contributed by atoms with Crippen molar-refractivity contribution < 1.29 is 23.8 Å². The molecule has 1 aromatic carbocycles. The molecule has 0 bridgehead atoms. The van der Waals surface area contributed by atoms with Crippen molar-refractivity contribution >= 4 is 11.9 Å². The van der Waals surface area contributed by atoms with Crippen molar-refractivity contribution in [3.05, 3.63) is 29.3 Å². The Labute approximate surface area is 154 Å². The van der Waals surface area contributed by atoms with Crippen LogP contribution in [-0.2, 0) is 14.3 Å². The van der Waals surface area contributed by atoms with Crippen LogP contribution in [0.25, 0.3) is 0 Å². The van der Waals surface area contributed by atoms with Crippen molar-refractivity contribution in [1.82, 2.24) is 4.90 Å². The Morgan fingerprint density at radius 1 is 1.23 bits per heavy atom. The predicted molar refractivity (Wildman–Crippen MR) is 96.2 cm³/mol. The molecule has 2 aliphatic heterocycles. The number of rotatable bonds is 3. The lowest BCUT2D eigenvalue weighted by Gasteiger charge is -2.33. The van der Waals surface area contributed by atoms with Gasteiger partial charge in [-0.25, -0.2) is 4.79 Å². The van der Waals surface area contributed by atoms with E-state index in [2.05, 4.69) is 0 Å². The minimum atomic E-state index is -0.362. The van der Waals surface area contributed by atoms with Crippen LogP contribution in [0.15, 0.2) is 18.2 Å². The molecule has 142 valence electrons. The van der Waals surface area contributed by atoms with E-state index in [0.717, 1.165) is 18.4 Å². The van der Waals surface area contributed by atoms with E-state index >= 15 is 0 Å². The van der Waals surface area contributed by atoms with Crippen molar-refractivity contribution in [1.29, 1.82) is 0 Å². The fourth-order valence-corrected chi connectivity index (χ4v) is 3.64. The first-order chi connectivity index (χ1) is 12.5. The number of benzene rings is 1. The Balaban J connectivity index is 1.86. The summed E-state index contributed by atoms with van der Waals surface area (Å²) in [6, 6.07) is 5.22. The second-order valence-corrected chi connectivity index (χ2v) is 6.95. The number of hydrogen-bond donors (Lipinski definition) is 0. The number of fused-ring (bicyclic) bond motifs is 1. The number of hydrogen-bond acceptors (Lipinski definition) is 5. The molecule has 0 aliphatic carbocycles. The van der Waals surface area contributed by atoms with Gasteiger partial charge in [-0.15, -0.1) is 0 Å². The molecule has 1 saturated heterocycles. The Kier molecular flexibility index (Phi) is 5.81. The van der Waals surface area contributed by atoms with Gasteiger partial charge in [0, 0.05) is 24.7 Å². The summed E-state index contributed by atoms with van der Waals surface area (Å²) >= 11 is 0.